The molecule has 5 nitrogen and oxygen atoms in total. The Morgan fingerprint density at radius 3 is 2.46 bits per heavy atom. The molecule has 0 atom stereocenters. The highest BCUT2D eigenvalue weighted by atomic mass is 32.1. The average molecular weight is 374 g/mol. The van der Waals surface area contributed by atoms with E-state index in [0.717, 1.165) is 36.5 Å². The Morgan fingerprint density at radius 2 is 1.88 bits per heavy atom. The van der Waals surface area contributed by atoms with Crippen molar-refractivity contribution in [2.45, 2.75) is 26.7 Å². The van der Waals surface area contributed by atoms with Crippen LogP contribution in [0.25, 0.3) is 0 Å². The van der Waals surface area contributed by atoms with Gasteiger partial charge in [0, 0.05) is 61.5 Å². The SMILES string of the molecule is Cc1cc(C(=O)CN2CCN(C(=O)CCc3cccs3)CC2)c(C)n1C. The number of aromatic nitrogens is 1. The average Bonchev–Trinajstić information content (AvgIpc) is 3.24. The van der Waals surface area contributed by atoms with E-state index in [9.17, 15) is 9.59 Å². The van der Waals surface area contributed by atoms with Gasteiger partial charge in [-0.25, -0.2) is 0 Å². The number of hydrogen-bond donors (Lipinski definition) is 0. The molecule has 1 fully saturated rings. The molecule has 0 aromatic carbocycles. The second kappa shape index (κ2) is 8.18. The number of carbonyl (C=O) groups excluding carboxylic acids is 2. The van der Waals surface area contributed by atoms with E-state index in [-0.39, 0.29) is 11.7 Å². The number of carbonyl (C=O) groups is 2. The predicted molar refractivity (Wildman–Crippen MR) is 105 cm³/mol. The summed E-state index contributed by atoms with van der Waals surface area (Å²) in [6.07, 6.45) is 1.39. The molecule has 3 rings (SSSR count). The molecule has 0 unspecified atom stereocenters. The van der Waals surface area contributed by atoms with Crippen molar-refractivity contribution < 1.29 is 9.59 Å². The van der Waals surface area contributed by atoms with Gasteiger partial charge in [0.25, 0.3) is 0 Å². The van der Waals surface area contributed by atoms with E-state index in [1.165, 1.54) is 4.88 Å². The number of amides is 1. The first-order valence-electron chi connectivity index (χ1n) is 9.14. The molecule has 0 radical (unpaired) electrons. The van der Waals surface area contributed by atoms with Crippen LogP contribution in [-0.2, 0) is 18.3 Å². The highest BCUT2D eigenvalue weighted by molar-refractivity contribution is 7.09. The molecule has 0 bridgehead atoms. The molecular formula is C20H27N3O2S. The van der Waals surface area contributed by atoms with Crippen LogP contribution < -0.4 is 0 Å². The summed E-state index contributed by atoms with van der Waals surface area (Å²) in [6, 6.07) is 6.08. The summed E-state index contributed by atoms with van der Waals surface area (Å²) < 4.78 is 2.05. The number of ketones is 1. The third-order valence-corrected chi connectivity index (χ3v) is 6.27. The number of nitrogens with zero attached hydrogens (tertiary/aromatic N) is 3. The first-order chi connectivity index (χ1) is 12.5. The van der Waals surface area contributed by atoms with E-state index in [0.29, 0.717) is 26.1 Å². The molecular weight excluding hydrogens is 346 g/mol. The minimum atomic E-state index is 0.170. The third-order valence-electron chi connectivity index (χ3n) is 5.33. The summed E-state index contributed by atoms with van der Waals surface area (Å²) in [4.78, 5) is 30.3. The highest BCUT2D eigenvalue weighted by Gasteiger charge is 2.23. The van der Waals surface area contributed by atoms with Crippen molar-refractivity contribution in [2.24, 2.45) is 7.05 Å². The van der Waals surface area contributed by atoms with E-state index in [1.54, 1.807) is 11.3 Å². The van der Waals surface area contributed by atoms with Gasteiger partial charge >= 0.3 is 0 Å². The molecule has 140 valence electrons. The van der Waals surface area contributed by atoms with Crippen molar-refractivity contribution in [3.05, 3.63) is 45.4 Å². The summed E-state index contributed by atoms with van der Waals surface area (Å²) in [5, 5.41) is 2.05. The van der Waals surface area contributed by atoms with Crippen LogP contribution in [0.2, 0.25) is 0 Å². The molecule has 1 aliphatic heterocycles. The summed E-state index contributed by atoms with van der Waals surface area (Å²) in [5.74, 6) is 0.391. The molecule has 2 aromatic heterocycles. The fourth-order valence-corrected chi connectivity index (χ4v) is 4.13. The normalized spacial score (nSPS) is 15.4. The van der Waals surface area contributed by atoms with Gasteiger partial charge in [-0.2, -0.15) is 0 Å². The number of piperazine rings is 1. The van der Waals surface area contributed by atoms with Gasteiger partial charge in [-0.05, 0) is 37.8 Å². The number of hydrogen-bond acceptors (Lipinski definition) is 4. The minimum absolute atomic E-state index is 0.170. The van der Waals surface area contributed by atoms with Gasteiger partial charge in [0.2, 0.25) is 5.91 Å². The van der Waals surface area contributed by atoms with Crippen LogP contribution in [0.3, 0.4) is 0 Å². The van der Waals surface area contributed by atoms with Gasteiger partial charge in [0.05, 0.1) is 6.54 Å². The minimum Gasteiger partial charge on any atom is -0.351 e. The van der Waals surface area contributed by atoms with Gasteiger partial charge in [-0.3, -0.25) is 14.5 Å². The molecule has 0 spiro atoms. The van der Waals surface area contributed by atoms with Crippen molar-refractivity contribution >= 4 is 23.0 Å². The van der Waals surface area contributed by atoms with Crippen molar-refractivity contribution in [3.63, 3.8) is 0 Å². The number of aryl methyl sites for hydroxylation is 2. The molecule has 26 heavy (non-hydrogen) atoms. The van der Waals surface area contributed by atoms with Crippen LogP contribution in [0.5, 0.6) is 0 Å². The Bertz CT molecular complexity index is 771. The maximum absolute atomic E-state index is 12.6. The summed E-state index contributed by atoms with van der Waals surface area (Å²) in [5.41, 5.74) is 2.95. The first kappa shape index (κ1) is 18.9. The lowest BCUT2D eigenvalue weighted by Crippen LogP contribution is -2.50. The van der Waals surface area contributed by atoms with Crippen molar-refractivity contribution in [1.82, 2.24) is 14.4 Å². The Kier molecular flexibility index (Phi) is 5.94. The largest absolute Gasteiger partial charge is 0.351 e. The van der Waals surface area contributed by atoms with Crippen LogP contribution >= 0.6 is 11.3 Å². The van der Waals surface area contributed by atoms with E-state index < -0.39 is 0 Å². The topological polar surface area (TPSA) is 45.6 Å². The van der Waals surface area contributed by atoms with E-state index >= 15 is 0 Å². The highest BCUT2D eigenvalue weighted by Crippen LogP contribution is 2.16. The van der Waals surface area contributed by atoms with Crippen LogP contribution in [0.1, 0.15) is 33.0 Å². The van der Waals surface area contributed by atoms with Crippen LogP contribution in [-0.4, -0.2) is 58.8 Å². The van der Waals surface area contributed by atoms with Crippen LogP contribution in [0, 0.1) is 13.8 Å². The molecule has 1 amide bonds. The second-order valence-corrected chi connectivity index (χ2v) is 8.04. The van der Waals surface area contributed by atoms with Crippen LogP contribution in [0.4, 0.5) is 0 Å². The zero-order valence-corrected chi connectivity index (χ0v) is 16.6. The molecule has 1 saturated heterocycles. The Morgan fingerprint density at radius 1 is 1.15 bits per heavy atom. The lowest BCUT2D eigenvalue weighted by atomic mass is 10.1. The fraction of sp³-hybridized carbons (Fsp3) is 0.500. The first-order valence-corrected chi connectivity index (χ1v) is 10.0. The summed E-state index contributed by atoms with van der Waals surface area (Å²) in [7, 11) is 1.99. The van der Waals surface area contributed by atoms with Crippen LogP contribution in [0.15, 0.2) is 23.6 Å². The smallest absolute Gasteiger partial charge is 0.223 e. The lowest BCUT2D eigenvalue weighted by Gasteiger charge is -2.34. The maximum atomic E-state index is 12.6. The zero-order valence-electron chi connectivity index (χ0n) is 15.8. The van der Waals surface area contributed by atoms with Gasteiger partial charge in [0.1, 0.15) is 0 Å². The van der Waals surface area contributed by atoms with E-state index in [4.69, 9.17) is 0 Å². The molecule has 3 heterocycles. The van der Waals surface area contributed by atoms with Gasteiger partial charge in [0.15, 0.2) is 5.78 Å². The number of thiophene rings is 1. The van der Waals surface area contributed by atoms with Gasteiger partial charge < -0.3 is 9.47 Å². The van der Waals surface area contributed by atoms with E-state index in [2.05, 4.69) is 15.5 Å². The maximum Gasteiger partial charge on any atom is 0.223 e. The van der Waals surface area contributed by atoms with E-state index in [1.807, 2.05) is 43.3 Å². The monoisotopic (exact) mass is 373 g/mol. The molecule has 0 saturated carbocycles. The lowest BCUT2D eigenvalue weighted by molar-refractivity contribution is -0.132. The Hall–Kier alpha value is -1.92. The number of rotatable bonds is 6. The third kappa shape index (κ3) is 4.24. The van der Waals surface area contributed by atoms with Gasteiger partial charge in [-0.15, -0.1) is 11.3 Å². The van der Waals surface area contributed by atoms with Gasteiger partial charge in [-0.1, -0.05) is 6.07 Å². The predicted octanol–water partition coefficient (Wildman–Crippen LogP) is 2.66. The van der Waals surface area contributed by atoms with Crippen molar-refractivity contribution in [2.75, 3.05) is 32.7 Å². The molecule has 2 aromatic rings. The Balaban J connectivity index is 1.46. The Labute approximate surface area is 159 Å². The van der Waals surface area contributed by atoms with Crippen molar-refractivity contribution in [3.8, 4) is 0 Å². The standard InChI is InChI=1S/C20H27N3O2S/c1-15-13-18(16(2)21(15)3)19(24)14-22-8-10-23(11-9-22)20(25)7-6-17-5-4-12-26-17/h4-5,12-13H,6-11,14H2,1-3H3. The molecule has 0 N–H and O–H groups in total. The van der Waals surface area contributed by atoms with Crippen molar-refractivity contribution in [1.29, 1.82) is 0 Å². The fourth-order valence-electron chi connectivity index (χ4n) is 3.42. The summed E-state index contributed by atoms with van der Waals surface area (Å²) in [6.45, 7) is 7.39. The number of Topliss-reactive ketones (excluding diaryl/α,β-unsaturated/α-hetero) is 1. The zero-order chi connectivity index (χ0) is 18.7. The molecule has 1 aliphatic rings. The quantitative estimate of drug-likeness (QED) is 0.732. The summed E-state index contributed by atoms with van der Waals surface area (Å²) >= 11 is 1.70. The second-order valence-electron chi connectivity index (χ2n) is 7.00. The molecule has 6 heteroatoms. The molecule has 0 aliphatic carbocycles.